The maximum absolute atomic E-state index is 12.7. The van der Waals surface area contributed by atoms with Crippen molar-refractivity contribution in [3.05, 3.63) is 54.6 Å². The van der Waals surface area contributed by atoms with Crippen molar-refractivity contribution in [2.75, 3.05) is 31.6 Å². The van der Waals surface area contributed by atoms with E-state index in [1.807, 2.05) is 19.1 Å². The molecule has 0 unspecified atom stereocenters. The summed E-state index contributed by atoms with van der Waals surface area (Å²) in [7, 11) is -3.54. The van der Waals surface area contributed by atoms with Gasteiger partial charge in [0.2, 0.25) is 21.8 Å². The van der Waals surface area contributed by atoms with E-state index in [0.717, 1.165) is 0 Å². The van der Waals surface area contributed by atoms with Crippen LogP contribution in [0, 0.1) is 5.92 Å². The van der Waals surface area contributed by atoms with E-state index in [2.05, 4.69) is 10.6 Å². The fourth-order valence-corrected chi connectivity index (χ4v) is 5.10. The summed E-state index contributed by atoms with van der Waals surface area (Å²) in [5.41, 5.74) is 0.595. The Labute approximate surface area is 189 Å². The number of ether oxygens (including phenoxy) is 1. The Kier molecular flexibility index (Phi) is 8.24. The molecular weight excluding hydrogens is 430 g/mol. The summed E-state index contributed by atoms with van der Waals surface area (Å²) in [6, 6.07) is 15.5. The Morgan fingerprint density at radius 2 is 1.69 bits per heavy atom. The van der Waals surface area contributed by atoms with Gasteiger partial charge >= 0.3 is 0 Å². The normalized spacial score (nSPS) is 15.2. The number of hydrogen-bond acceptors (Lipinski definition) is 5. The van der Waals surface area contributed by atoms with Gasteiger partial charge in [0.05, 0.1) is 17.2 Å². The van der Waals surface area contributed by atoms with Gasteiger partial charge in [-0.05, 0) is 44.0 Å². The Hall–Kier alpha value is -2.91. The monoisotopic (exact) mass is 459 g/mol. The van der Waals surface area contributed by atoms with Crippen LogP contribution in [-0.4, -0.2) is 50.8 Å². The maximum Gasteiger partial charge on any atom is 0.243 e. The lowest BCUT2D eigenvalue weighted by Crippen LogP contribution is -2.43. The van der Waals surface area contributed by atoms with Crippen LogP contribution in [0.15, 0.2) is 59.5 Å². The van der Waals surface area contributed by atoms with E-state index in [-0.39, 0.29) is 35.6 Å². The van der Waals surface area contributed by atoms with Gasteiger partial charge in [0.1, 0.15) is 5.75 Å². The summed E-state index contributed by atoms with van der Waals surface area (Å²) < 4.78 is 32.3. The summed E-state index contributed by atoms with van der Waals surface area (Å²) in [6.07, 6.45) is 1.03. The maximum atomic E-state index is 12.7. The highest BCUT2D eigenvalue weighted by Gasteiger charge is 2.31. The molecule has 0 bridgehead atoms. The Morgan fingerprint density at radius 3 is 2.38 bits per heavy atom. The molecule has 0 spiro atoms. The molecule has 8 nitrogen and oxygen atoms in total. The summed E-state index contributed by atoms with van der Waals surface area (Å²) in [5.74, 6) is -0.0333. The van der Waals surface area contributed by atoms with Crippen molar-refractivity contribution in [1.82, 2.24) is 9.62 Å². The predicted molar refractivity (Wildman–Crippen MR) is 122 cm³/mol. The molecule has 9 heteroatoms. The third-order valence-corrected chi connectivity index (χ3v) is 7.23. The van der Waals surface area contributed by atoms with Crippen LogP contribution in [0.25, 0.3) is 0 Å². The number of para-hydroxylation sites is 2. The highest BCUT2D eigenvalue weighted by Crippen LogP contribution is 2.25. The number of rotatable bonds is 9. The second-order valence-electron chi connectivity index (χ2n) is 7.51. The number of nitrogens with zero attached hydrogens (tertiary/aromatic N) is 1. The van der Waals surface area contributed by atoms with Crippen LogP contribution in [0.3, 0.4) is 0 Å². The summed E-state index contributed by atoms with van der Waals surface area (Å²) >= 11 is 0. The van der Waals surface area contributed by atoms with Gasteiger partial charge < -0.3 is 15.4 Å². The number of nitrogens with one attached hydrogen (secondary N) is 2. The number of anilines is 1. The van der Waals surface area contributed by atoms with Crippen LogP contribution in [0.1, 0.15) is 26.2 Å². The van der Waals surface area contributed by atoms with Crippen LogP contribution < -0.4 is 15.4 Å². The molecule has 0 radical (unpaired) electrons. The third kappa shape index (κ3) is 6.08. The Bertz CT molecular complexity index is 1020. The predicted octanol–water partition coefficient (Wildman–Crippen LogP) is 2.63. The van der Waals surface area contributed by atoms with Crippen molar-refractivity contribution in [2.45, 2.75) is 31.1 Å². The molecule has 0 aromatic heterocycles. The molecule has 1 saturated heterocycles. The van der Waals surface area contributed by atoms with Gasteiger partial charge in [0.15, 0.2) is 0 Å². The molecular formula is C23H29N3O5S. The first-order chi connectivity index (χ1) is 15.4. The Morgan fingerprint density at radius 1 is 1.03 bits per heavy atom. The van der Waals surface area contributed by atoms with Crippen molar-refractivity contribution in [2.24, 2.45) is 5.92 Å². The number of carbonyl (C=O) groups excluding carboxylic acids is 2. The van der Waals surface area contributed by atoms with Crippen molar-refractivity contribution in [1.29, 1.82) is 0 Å². The van der Waals surface area contributed by atoms with Gasteiger partial charge in [-0.2, -0.15) is 4.31 Å². The molecule has 0 atom stereocenters. The molecule has 1 fully saturated rings. The average Bonchev–Trinajstić information content (AvgIpc) is 2.81. The largest absolute Gasteiger partial charge is 0.492 e. The van der Waals surface area contributed by atoms with Gasteiger partial charge in [-0.15, -0.1) is 0 Å². The van der Waals surface area contributed by atoms with Crippen molar-refractivity contribution in [3.8, 4) is 5.75 Å². The van der Waals surface area contributed by atoms with Crippen LogP contribution in [0.5, 0.6) is 5.75 Å². The molecule has 32 heavy (non-hydrogen) atoms. The summed E-state index contributed by atoms with van der Waals surface area (Å²) in [4.78, 5) is 25.0. The van der Waals surface area contributed by atoms with E-state index in [0.29, 0.717) is 44.0 Å². The quantitative estimate of drug-likeness (QED) is 0.600. The molecule has 0 saturated carbocycles. The minimum Gasteiger partial charge on any atom is -0.492 e. The third-order valence-electron chi connectivity index (χ3n) is 5.32. The molecule has 2 aromatic rings. The number of carbonyl (C=O) groups is 2. The molecule has 3 rings (SSSR count). The summed E-state index contributed by atoms with van der Waals surface area (Å²) in [5, 5.41) is 5.59. The number of benzene rings is 2. The van der Waals surface area contributed by atoms with Gasteiger partial charge in [0.25, 0.3) is 0 Å². The minimum absolute atomic E-state index is 0.132. The second-order valence-corrected chi connectivity index (χ2v) is 9.45. The molecule has 1 aliphatic rings. The van der Waals surface area contributed by atoms with Crippen LogP contribution in [0.4, 0.5) is 5.69 Å². The lowest BCUT2D eigenvalue weighted by Gasteiger charge is -2.30. The number of amides is 2. The van der Waals surface area contributed by atoms with Gasteiger partial charge in [0, 0.05) is 32.0 Å². The minimum atomic E-state index is -3.54. The number of hydrogen-bond donors (Lipinski definition) is 2. The lowest BCUT2D eigenvalue weighted by molar-refractivity contribution is -0.126. The van der Waals surface area contributed by atoms with E-state index in [9.17, 15) is 18.0 Å². The van der Waals surface area contributed by atoms with Crippen LogP contribution >= 0.6 is 0 Å². The molecule has 1 aliphatic heterocycles. The first-order valence-corrected chi connectivity index (χ1v) is 12.2. The molecule has 0 aliphatic carbocycles. The van der Waals surface area contributed by atoms with Crippen molar-refractivity contribution >= 4 is 27.5 Å². The van der Waals surface area contributed by atoms with Crippen LogP contribution in [0.2, 0.25) is 0 Å². The highest BCUT2D eigenvalue weighted by molar-refractivity contribution is 7.89. The second kappa shape index (κ2) is 11.1. The zero-order valence-corrected chi connectivity index (χ0v) is 18.9. The topological polar surface area (TPSA) is 105 Å². The number of piperidine rings is 1. The fraction of sp³-hybridized carbons (Fsp3) is 0.391. The molecule has 2 N–H and O–H groups in total. The lowest BCUT2D eigenvalue weighted by atomic mass is 9.97. The van der Waals surface area contributed by atoms with Gasteiger partial charge in [-0.3, -0.25) is 9.59 Å². The average molecular weight is 460 g/mol. The van der Waals surface area contributed by atoms with Gasteiger partial charge in [-0.1, -0.05) is 30.3 Å². The molecule has 1 heterocycles. The first kappa shape index (κ1) is 23.7. The Balaban J connectivity index is 1.42. The van der Waals surface area contributed by atoms with Crippen molar-refractivity contribution < 1.29 is 22.7 Å². The van der Waals surface area contributed by atoms with Gasteiger partial charge in [-0.25, -0.2) is 8.42 Å². The van der Waals surface area contributed by atoms with E-state index in [1.54, 1.807) is 42.5 Å². The zero-order chi connectivity index (χ0) is 23.0. The fourth-order valence-electron chi connectivity index (χ4n) is 3.61. The van der Waals surface area contributed by atoms with Crippen LogP contribution in [-0.2, 0) is 19.6 Å². The molecule has 172 valence electrons. The summed E-state index contributed by atoms with van der Waals surface area (Å²) in [6.45, 7) is 3.17. The first-order valence-electron chi connectivity index (χ1n) is 10.8. The van der Waals surface area contributed by atoms with E-state index < -0.39 is 10.0 Å². The number of sulfonamides is 1. The van der Waals surface area contributed by atoms with Crippen molar-refractivity contribution in [3.63, 3.8) is 0 Å². The smallest absolute Gasteiger partial charge is 0.243 e. The van der Waals surface area contributed by atoms with E-state index in [4.69, 9.17) is 4.74 Å². The highest BCUT2D eigenvalue weighted by atomic mass is 32.2. The van der Waals surface area contributed by atoms with E-state index in [1.165, 1.54) is 4.31 Å². The molecule has 2 aromatic carbocycles. The standard InChI is InChI=1S/C23H29N3O5S/c1-2-31-21-11-7-6-10-20(21)25-22(27)12-15-24-23(28)18-13-16-26(17-14-18)32(29,30)19-8-4-3-5-9-19/h3-11,18H,2,12-17H2,1H3,(H,24,28)(H,25,27). The molecule has 2 amide bonds. The van der Waals surface area contributed by atoms with E-state index >= 15 is 0 Å². The zero-order valence-electron chi connectivity index (χ0n) is 18.1. The SMILES string of the molecule is CCOc1ccccc1NC(=O)CCNC(=O)C1CCN(S(=O)(=O)c2ccccc2)CC1.